The topological polar surface area (TPSA) is 75.7 Å². The van der Waals surface area contributed by atoms with E-state index in [-0.39, 0.29) is 18.5 Å². The van der Waals surface area contributed by atoms with Crippen LogP contribution < -0.4 is 5.32 Å². The molecule has 1 aliphatic rings. The molecule has 1 aliphatic heterocycles. The van der Waals surface area contributed by atoms with Crippen molar-refractivity contribution in [1.82, 2.24) is 4.90 Å². The highest BCUT2D eigenvalue weighted by atomic mass is 79.9. The van der Waals surface area contributed by atoms with E-state index in [4.69, 9.17) is 4.74 Å². The van der Waals surface area contributed by atoms with Gasteiger partial charge in [0.2, 0.25) is 0 Å². The number of nitrogens with one attached hydrogen (secondary N) is 1. The van der Waals surface area contributed by atoms with E-state index in [0.29, 0.717) is 29.0 Å². The Balaban J connectivity index is 1.66. The lowest BCUT2D eigenvalue weighted by molar-refractivity contribution is 0.0498. The van der Waals surface area contributed by atoms with Crippen molar-refractivity contribution in [2.75, 3.05) is 18.6 Å². The number of nitrogens with zero attached hydrogens (tertiary/aromatic N) is 1. The summed E-state index contributed by atoms with van der Waals surface area (Å²) in [6, 6.07) is 11.8. The van der Waals surface area contributed by atoms with Gasteiger partial charge >= 0.3 is 5.97 Å². The van der Waals surface area contributed by atoms with Gasteiger partial charge in [0.05, 0.1) is 30.0 Å². The number of imide groups is 1. The molecular formula is C20H19BrN2O4. The van der Waals surface area contributed by atoms with Crippen LogP contribution in [0.2, 0.25) is 0 Å². The van der Waals surface area contributed by atoms with Crippen LogP contribution in [0, 0.1) is 0 Å². The van der Waals surface area contributed by atoms with E-state index in [1.54, 1.807) is 42.5 Å². The van der Waals surface area contributed by atoms with E-state index in [1.807, 2.05) is 6.92 Å². The van der Waals surface area contributed by atoms with Crippen LogP contribution in [0.15, 0.2) is 46.9 Å². The molecule has 0 aliphatic carbocycles. The molecule has 140 valence electrons. The fourth-order valence-corrected chi connectivity index (χ4v) is 3.09. The van der Waals surface area contributed by atoms with Crippen molar-refractivity contribution >= 4 is 39.4 Å². The lowest BCUT2D eigenvalue weighted by atomic mass is 10.1. The van der Waals surface area contributed by atoms with E-state index >= 15 is 0 Å². The van der Waals surface area contributed by atoms with Crippen molar-refractivity contribution in [3.63, 3.8) is 0 Å². The molecule has 0 atom stereocenters. The Bertz CT molecular complexity index is 897. The first-order valence-electron chi connectivity index (χ1n) is 8.68. The van der Waals surface area contributed by atoms with Crippen molar-refractivity contribution in [2.24, 2.45) is 0 Å². The van der Waals surface area contributed by atoms with Gasteiger partial charge in [-0.1, -0.05) is 35.3 Å². The lowest BCUT2D eigenvalue weighted by Crippen LogP contribution is -2.34. The standard InChI is InChI=1S/C20H19BrN2O4/c1-2-3-9-27-20(26)13-5-4-6-15(10-13)22-12-23-18(24)16-8-7-14(21)11-17(16)19(23)25/h4-8,10-11,22H,2-3,9,12H2,1H3. The number of carbonyl (C=O) groups excluding carboxylic acids is 3. The molecule has 0 bridgehead atoms. The maximum atomic E-state index is 12.5. The minimum absolute atomic E-state index is 0.0122. The molecular weight excluding hydrogens is 412 g/mol. The van der Waals surface area contributed by atoms with Gasteiger partial charge < -0.3 is 10.1 Å². The summed E-state index contributed by atoms with van der Waals surface area (Å²) in [6.45, 7) is 2.42. The lowest BCUT2D eigenvalue weighted by Gasteiger charge is -2.16. The monoisotopic (exact) mass is 430 g/mol. The number of hydrogen-bond acceptors (Lipinski definition) is 5. The molecule has 7 heteroatoms. The molecule has 1 N–H and O–H groups in total. The second-order valence-electron chi connectivity index (χ2n) is 6.13. The van der Waals surface area contributed by atoms with Crippen LogP contribution in [0.3, 0.4) is 0 Å². The van der Waals surface area contributed by atoms with Crippen molar-refractivity contribution in [1.29, 1.82) is 0 Å². The van der Waals surface area contributed by atoms with E-state index in [0.717, 1.165) is 22.2 Å². The second kappa shape index (κ2) is 8.35. The summed E-state index contributed by atoms with van der Waals surface area (Å²) in [7, 11) is 0. The normalized spacial score (nSPS) is 12.9. The number of hydrogen-bond donors (Lipinski definition) is 1. The molecule has 2 aromatic rings. The Kier molecular flexibility index (Phi) is 5.91. The number of carbonyl (C=O) groups is 3. The molecule has 0 fully saturated rings. The largest absolute Gasteiger partial charge is 0.462 e. The molecule has 0 saturated carbocycles. The van der Waals surface area contributed by atoms with Gasteiger partial charge in [-0.2, -0.15) is 0 Å². The summed E-state index contributed by atoms with van der Waals surface area (Å²) in [5.41, 5.74) is 1.81. The van der Waals surface area contributed by atoms with Crippen LogP contribution in [-0.4, -0.2) is 36.0 Å². The Morgan fingerprint density at radius 3 is 2.67 bits per heavy atom. The van der Waals surface area contributed by atoms with Gasteiger partial charge in [0, 0.05) is 10.2 Å². The first-order valence-corrected chi connectivity index (χ1v) is 9.47. The number of amides is 2. The van der Waals surface area contributed by atoms with Crippen LogP contribution in [0.5, 0.6) is 0 Å². The number of unbranched alkanes of at least 4 members (excludes halogenated alkanes) is 1. The van der Waals surface area contributed by atoms with Gasteiger partial charge in [-0.3, -0.25) is 14.5 Å². The number of esters is 1. The Morgan fingerprint density at radius 1 is 1.11 bits per heavy atom. The molecule has 2 amide bonds. The third kappa shape index (κ3) is 4.19. The van der Waals surface area contributed by atoms with Gasteiger partial charge in [0.1, 0.15) is 0 Å². The minimum Gasteiger partial charge on any atom is -0.462 e. The molecule has 0 unspecified atom stereocenters. The molecule has 0 aromatic heterocycles. The van der Waals surface area contributed by atoms with Gasteiger partial charge in [0.15, 0.2) is 0 Å². The third-order valence-corrected chi connectivity index (χ3v) is 4.70. The average molecular weight is 431 g/mol. The quantitative estimate of drug-likeness (QED) is 0.407. The maximum absolute atomic E-state index is 12.5. The smallest absolute Gasteiger partial charge is 0.338 e. The fraction of sp³-hybridized carbons (Fsp3) is 0.250. The minimum atomic E-state index is -0.391. The number of rotatable bonds is 7. The van der Waals surface area contributed by atoms with Crippen molar-refractivity contribution in [2.45, 2.75) is 19.8 Å². The SMILES string of the molecule is CCCCOC(=O)c1cccc(NCN2C(=O)c3ccc(Br)cc3C2=O)c1. The van der Waals surface area contributed by atoms with Crippen molar-refractivity contribution in [3.8, 4) is 0 Å². The zero-order valence-electron chi connectivity index (χ0n) is 14.8. The molecule has 0 radical (unpaired) electrons. The van der Waals surface area contributed by atoms with Crippen LogP contribution >= 0.6 is 15.9 Å². The summed E-state index contributed by atoms with van der Waals surface area (Å²) < 4.78 is 5.94. The van der Waals surface area contributed by atoms with Gasteiger partial charge in [0.25, 0.3) is 11.8 Å². The summed E-state index contributed by atoms with van der Waals surface area (Å²) in [6.07, 6.45) is 1.77. The second-order valence-corrected chi connectivity index (χ2v) is 7.05. The highest BCUT2D eigenvalue weighted by Gasteiger charge is 2.35. The Morgan fingerprint density at radius 2 is 1.89 bits per heavy atom. The predicted octanol–water partition coefficient (Wildman–Crippen LogP) is 4.07. The predicted molar refractivity (Wildman–Crippen MR) is 105 cm³/mol. The van der Waals surface area contributed by atoms with Gasteiger partial charge in [-0.15, -0.1) is 0 Å². The number of fused-ring (bicyclic) bond motifs is 1. The Labute approximate surface area is 165 Å². The highest BCUT2D eigenvalue weighted by Crippen LogP contribution is 2.26. The summed E-state index contributed by atoms with van der Waals surface area (Å²) in [5.74, 6) is -1.08. The summed E-state index contributed by atoms with van der Waals surface area (Å²) in [5, 5.41) is 3.02. The summed E-state index contributed by atoms with van der Waals surface area (Å²) in [4.78, 5) is 38.1. The number of anilines is 1. The summed E-state index contributed by atoms with van der Waals surface area (Å²) >= 11 is 3.31. The van der Waals surface area contributed by atoms with Crippen LogP contribution in [0.4, 0.5) is 5.69 Å². The zero-order valence-corrected chi connectivity index (χ0v) is 16.4. The van der Waals surface area contributed by atoms with E-state index < -0.39 is 5.97 Å². The third-order valence-electron chi connectivity index (χ3n) is 4.20. The van der Waals surface area contributed by atoms with E-state index in [9.17, 15) is 14.4 Å². The van der Waals surface area contributed by atoms with E-state index in [1.165, 1.54) is 0 Å². The first kappa shape index (κ1) is 19.1. The molecule has 6 nitrogen and oxygen atoms in total. The van der Waals surface area contributed by atoms with E-state index in [2.05, 4.69) is 21.2 Å². The van der Waals surface area contributed by atoms with Crippen LogP contribution in [-0.2, 0) is 4.74 Å². The first-order chi connectivity index (χ1) is 13.0. The van der Waals surface area contributed by atoms with Crippen molar-refractivity contribution in [3.05, 3.63) is 63.6 Å². The average Bonchev–Trinajstić information content (AvgIpc) is 2.90. The van der Waals surface area contributed by atoms with Crippen LogP contribution in [0.25, 0.3) is 0 Å². The molecule has 27 heavy (non-hydrogen) atoms. The number of benzene rings is 2. The maximum Gasteiger partial charge on any atom is 0.338 e. The van der Waals surface area contributed by atoms with Gasteiger partial charge in [-0.05, 0) is 42.8 Å². The van der Waals surface area contributed by atoms with Gasteiger partial charge in [-0.25, -0.2) is 4.79 Å². The zero-order chi connectivity index (χ0) is 19.4. The molecule has 1 heterocycles. The Hall–Kier alpha value is -2.67. The van der Waals surface area contributed by atoms with Crippen molar-refractivity contribution < 1.29 is 19.1 Å². The molecule has 0 saturated heterocycles. The number of ether oxygens (including phenoxy) is 1. The molecule has 2 aromatic carbocycles. The fourth-order valence-electron chi connectivity index (χ4n) is 2.73. The van der Waals surface area contributed by atoms with Crippen LogP contribution in [0.1, 0.15) is 50.8 Å². The number of halogens is 1. The molecule has 0 spiro atoms. The highest BCUT2D eigenvalue weighted by molar-refractivity contribution is 9.10. The molecule has 3 rings (SSSR count).